The summed E-state index contributed by atoms with van der Waals surface area (Å²) in [6, 6.07) is 6.23. The van der Waals surface area contributed by atoms with Crippen molar-refractivity contribution in [3.63, 3.8) is 0 Å². The van der Waals surface area contributed by atoms with Gasteiger partial charge in [0, 0.05) is 5.69 Å². The van der Waals surface area contributed by atoms with Crippen LogP contribution >= 0.6 is 0 Å². The molecule has 1 fully saturated rings. The monoisotopic (exact) mass is 401 g/mol. The molecule has 1 aromatic carbocycles. The molecule has 29 heavy (non-hydrogen) atoms. The van der Waals surface area contributed by atoms with E-state index in [0.29, 0.717) is 22.4 Å². The lowest BCUT2D eigenvalue weighted by Gasteiger charge is -2.16. The third-order valence-electron chi connectivity index (χ3n) is 4.65. The zero-order valence-electron chi connectivity index (χ0n) is 15.4. The number of benzene rings is 1. The van der Waals surface area contributed by atoms with Gasteiger partial charge in [0.25, 0.3) is 0 Å². The predicted octanol–water partition coefficient (Wildman–Crippen LogP) is -0.107. The van der Waals surface area contributed by atoms with Gasteiger partial charge in [0.15, 0.2) is 17.4 Å². The largest absolute Gasteiger partial charge is 0.479 e. The molecule has 2 aromatic heterocycles. The number of nitrogens with zero attached hydrogens (tertiary/aromatic N) is 4. The number of methoxy groups -OCH3 is 1. The molecule has 3 heterocycles. The van der Waals surface area contributed by atoms with E-state index in [-0.39, 0.29) is 12.5 Å². The second kappa shape index (κ2) is 7.62. The first-order valence-electron chi connectivity index (χ1n) is 8.75. The summed E-state index contributed by atoms with van der Waals surface area (Å²) in [5, 5.41) is 20.8. The van der Waals surface area contributed by atoms with Crippen LogP contribution < -0.4 is 10.5 Å². The number of esters is 1. The van der Waals surface area contributed by atoms with E-state index in [1.165, 1.54) is 36.5 Å². The fourth-order valence-electron chi connectivity index (χ4n) is 3.12. The van der Waals surface area contributed by atoms with Crippen LogP contribution in [0.5, 0.6) is 5.88 Å². The Morgan fingerprint density at radius 1 is 1.21 bits per heavy atom. The third kappa shape index (κ3) is 3.46. The zero-order valence-corrected chi connectivity index (χ0v) is 15.4. The van der Waals surface area contributed by atoms with Gasteiger partial charge in [-0.2, -0.15) is 4.98 Å². The van der Waals surface area contributed by atoms with Crippen molar-refractivity contribution in [1.29, 1.82) is 0 Å². The quantitative estimate of drug-likeness (QED) is 0.390. The highest BCUT2D eigenvalue weighted by Gasteiger charge is 2.45. The molecule has 11 nitrogen and oxygen atoms in total. The highest BCUT2D eigenvalue weighted by molar-refractivity contribution is 5.89. The molecular formula is C18H19N5O6. The Balaban J connectivity index is 1.48. The number of carbonyl (C=O) groups is 1. The molecule has 4 N–H and O–H groups in total. The lowest BCUT2D eigenvalue weighted by molar-refractivity contribution is -0.0565. The lowest BCUT2D eigenvalue weighted by Crippen LogP contribution is -2.34. The Bertz CT molecular complexity index is 1020. The molecule has 0 spiro atoms. The fourth-order valence-corrected chi connectivity index (χ4v) is 3.12. The summed E-state index contributed by atoms with van der Waals surface area (Å²) in [5.74, 6) is -0.319. The topological polar surface area (TPSA) is 155 Å². The summed E-state index contributed by atoms with van der Waals surface area (Å²) < 4.78 is 17.6. The van der Waals surface area contributed by atoms with Crippen LogP contribution in [0.15, 0.2) is 36.9 Å². The van der Waals surface area contributed by atoms with Crippen molar-refractivity contribution in [3.8, 4) is 5.88 Å². The molecule has 152 valence electrons. The number of rotatable bonds is 5. The minimum Gasteiger partial charge on any atom is -0.479 e. The highest BCUT2D eigenvalue weighted by Crippen LogP contribution is 2.32. The summed E-state index contributed by atoms with van der Waals surface area (Å²) in [6.07, 6.45) is -1.77. The van der Waals surface area contributed by atoms with Gasteiger partial charge in [-0.1, -0.05) is 0 Å². The molecule has 4 rings (SSSR count). The van der Waals surface area contributed by atoms with Crippen LogP contribution in [0.3, 0.4) is 0 Å². The summed E-state index contributed by atoms with van der Waals surface area (Å²) in [5.41, 5.74) is 7.19. The average molecular weight is 401 g/mol. The van der Waals surface area contributed by atoms with Crippen LogP contribution in [0, 0.1) is 0 Å². The predicted molar refractivity (Wildman–Crippen MR) is 98.9 cm³/mol. The molecule has 0 amide bonds. The van der Waals surface area contributed by atoms with Gasteiger partial charge >= 0.3 is 5.97 Å². The van der Waals surface area contributed by atoms with E-state index in [1.54, 1.807) is 12.1 Å². The Morgan fingerprint density at radius 2 is 1.97 bits per heavy atom. The second-order valence-electron chi connectivity index (χ2n) is 6.47. The van der Waals surface area contributed by atoms with Gasteiger partial charge in [-0.3, -0.25) is 4.57 Å². The lowest BCUT2D eigenvalue weighted by atomic mass is 10.1. The first-order valence-corrected chi connectivity index (χ1v) is 8.75. The van der Waals surface area contributed by atoms with Crippen LogP contribution in [0.1, 0.15) is 16.6 Å². The molecule has 0 unspecified atom stereocenters. The van der Waals surface area contributed by atoms with E-state index >= 15 is 0 Å². The van der Waals surface area contributed by atoms with E-state index in [1.807, 2.05) is 0 Å². The summed E-state index contributed by atoms with van der Waals surface area (Å²) in [7, 11) is 1.46. The SMILES string of the molecule is COc1ncnc2c1ncn2[C@@H]1O[C@H](COC(=O)c2ccc(N)cc2)[C@@H](O)[C@@H]1O. The molecule has 0 radical (unpaired) electrons. The van der Waals surface area contributed by atoms with Crippen LogP contribution in [0.25, 0.3) is 11.2 Å². The Labute approximate surface area is 164 Å². The molecule has 0 bridgehead atoms. The van der Waals surface area contributed by atoms with Gasteiger partial charge in [-0.05, 0) is 24.3 Å². The second-order valence-corrected chi connectivity index (χ2v) is 6.47. The van der Waals surface area contributed by atoms with Crippen molar-refractivity contribution in [3.05, 3.63) is 42.5 Å². The van der Waals surface area contributed by atoms with Crippen molar-refractivity contribution < 1.29 is 29.2 Å². The smallest absolute Gasteiger partial charge is 0.338 e. The van der Waals surface area contributed by atoms with Gasteiger partial charge in [-0.25, -0.2) is 14.8 Å². The van der Waals surface area contributed by atoms with Gasteiger partial charge in [0.1, 0.15) is 31.2 Å². The normalized spacial score (nSPS) is 24.0. The minimum absolute atomic E-state index is 0.247. The standard InChI is InChI=1S/C18H19N5O6/c1-27-16-12-15(20-7-21-16)23(8-22-12)17-14(25)13(24)11(29-17)6-28-18(26)9-2-4-10(19)5-3-9/h2-5,7-8,11,13-14,17,24-25H,6,19H2,1H3/t11-,13-,14+,17-/m1/s1. The van der Waals surface area contributed by atoms with Crippen LogP contribution in [-0.4, -0.2) is 67.7 Å². The molecular weight excluding hydrogens is 382 g/mol. The Kier molecular flexibility index (Phi) is 5.01. The van der Waals surface area contributed by atoms with Crippen molar-refractivity contribution in [1.82, 2.24) is 19.5 Å². The minimum atomic E-state index is -1.28. The molecule has 1 aliphatic rings. The third-order valence-corrected chi connectivity index (χ3v) is 4.65. The van der Waals surface area contributed by atoms with Crippen LogP contribution in [0.2, 0.25) is 0 Å². The summed E-state index contributed by atoms with van der Waals surface area (Å²) in [4.78, 5) is 24.4. The number of hydrogen-bond acceptors (Lipinski definition) is 10. The number of aliphatic hydroxyl groups excluding tert-OH is 2. The van der Waals surface area contributed by atoms with Crippen LogP contribution in [0.4, 0.5) is 5.69 Å². The van der Waals surface area contributed by atoms with Gasteiger partial charge in [0.05, 0.1) is 19.0 Å². The number of hydrogen-bond donors (Lipinski definition) is 3. The Hall–Kier alpha value is -3.28. The maximum atomic E-state index is 12.1. The number of aromatic nitrogens is 4. The zero-order chi connectivity index (χ0) is 20.5. The first-order chi connectivity index (χ1) is 14.0. The number of aliphatic hydroxyl groups is 2. The maximum absolute atomic E-state index is 12.1. The van der Waals surface area contributed by atoms with E-state index in [2.05, 4.69) is 15.0 Å². The maximum Gasteiger partial charge on any atom is 0.338 e. The molecule has 11 heteroatoms. The molecule has 1 saturated heterocycles. The Morgan fingerprint density at radius 3 is 2.69 bits per heavy atom. The van der Waals surface area contributed by atoms with Crippen molar-refractivity contribution in [2.75, 3.05) is 19.5 Å². The van der Waals surface area contributed by atoms with Crippen molar-refractivity contribution in [2.45, 2.75) is 24.5 Å². The van der Waals surface area contributed by atoms with Gasteiger partial charge < -0.3 is 30.2 Å². The van der Waals surface area contributed by atoms with E-state index in [4.69, 9.17) is 19.9 Å². The molecule has 0 aliphatic carbocycles. The number of anilines is 1. The van der Waals surface area contributed by atoms with Gasteiger partial charge in [-0.15, -0.1) is 0 Å². The van der Waals surface area contributed by atoms with Crippen molar-refractivity contribution >= 4 is 22.8 Å². The summed E-state index contributed by atoms with van der Waals surface area (Å²) in [6.45, 7) is -0.247. The first kappa shape index (κ1) is 19.1. The number of imidazole rings is 1. The average Bonchev–Trinajstić information content (AvgIpc) is 3.28. The van der Waals surface area contributed by atoms with E-state index < -0.39 is 30.5 Å². The number of nitrogen functional groups attached to an aromatic ring is 1. The fraction of sp³-hybridized carbons (Fsp3) is 0.333. The molecule has 4 atom stereocenters. The highest BCUT2D eigenvalue weighted by atomic mass is 16.6. The summed E-state index contributed by atoms with van der Waals surface area (Å²) >= 11 is 0. The number of nitrogens with two attached hydrogens (primary N) is 1. The van der Waals surface area contributed by atoms with E-state index in [9.17, 15) is 15.0 Å². The molecule has 3 aromatic rings. The molecule has 0 saturated carbocycles. The number of carbonyl (C=O) groups excluding carboxylic acids is 1. The molecule has 1 aliphatic heterocycles. The van der Waals surface area contributed by atoms with Crippen LogP contribution in [-0.2, 0) is 9.47 Å². The van der Waals surface area contributed by atoms with Gasteiger partial charge in [0.2, 0.25) is 5.88 Å². The van der Waals surface area contributed by atoms with E-state index in [0.717, 1.165) is 0 Å². The number of ether oxygens (including phenoxy) is 3. The number of fused-ring (bicyclic) bond motifs is 1. The van der Waals surface area contributed by atoms with Crippen molar-refractivity contribution in [2.24, 2.45) is 0 Å².